The van der Waals surface area contributed by atoms with Crippen LogP contribution in [0.25, 0.3) is 0 Å². The van der Waals surface area contributed by atoms with Gasteiger partial charge in [0.05, 0.1) is 5.56 Å². The van der Waals surface area contributed by atoms with E-state index in [1.807, 2.05) is 23.7 Å². The second-order valence-corrected chi connectivity index (χ2v) is 10.9. The number of ether oxygens (including phenoxy) is 1. The SMILES string of the molecule is CN(C)C(=O)c1cc(F)ccc1Oc1ncn(C)c1N1CCC2(CCN(CCc3ccc(C(N)=O)cc3)C2)C1. The first-order chi connectivity index (χ1) is 18.6. The van der Waals surface area contributed by atoms with Crippen molar-refractivity contribution in [3.8, 4) is 11.6 Å². The zero-order valence-electron chi connectivity index (χ0n) is 22.7. The monoisotopic (exact) mass is 534 g/mol. The third-order valence-corrected chi connectivity index (χ3v) is 7.87. The molecule has 39 heavy (non-hydrogen) atoms. The molecule has 9 nitrogen and oxygen atoms in total. The Morgan fingerprint density at radius 2 is 1.85 bits per heavy atom. The van der Waals surface area contributed by atoms with Crippen LogP contribution in [0.4, 0.5) is 10.2 Å². The van der Waals surface area contributed by atoms with Crippen molar-refractivity contribution in [3.63, 3.8) is 0 Å². The van der Waals surface area contributed by atoms with Gasteiger partial charge in [-0.15, -0.1) is 0 Å². The molecule has 2 aliphatic heterocycles. The average Bonchev–Trinajstić information content (AvgIpc) is 3.62. The van der Waals surface area contributed by atoms with Gasteiger partial charge in [-0.2, -0.15) is 0 Å². The number of imidazole rings is 1. The van der Waals surface area contributed by atoms with Gasteiger partial charge in [0, 0.05) is 58.3 Å². The lowest BCUT2D eigenvalue weighted by Gasteiger charge is -2.26. The molecule has 10 heteroatoms. The lowest BCUT2D eigenvalue weighted by Crippen LogP contribution is -2.32. The van der Waals surface area contributed by atoms with Gasteiger partial charge in [-0.1, -0.05) is 12.1 Å². The molecular formula is C29H35FN6O3. The van der Waals surface area contributed by atoms with Crippen LogP contribution in [0.1, 0.15) is 39.1 Å². The number of hydrogen-bond acceptors (Lipinski definition) is 6. The molecule has 2 N–H and O–H groups in total. The van der Waals surface area contributed by atoms with E-state index in [1.54, 1.807) is 32.6 Å². The highest BCUT2D eigenvalue weighted by molar-refractivity contribution is 5.96. The third kappa shape index (κ3) is 5.61. The Balaban J connectivity index is 1.25. The summed E-state index contributed by atoms with van der Waals surface area (Å²) in [5.74, 6) is 0.298. The second kappa shape index (κ2) is 10.7. The van der Waals surface area contributed by atoms with Gasteiger partial charge < -0.3 is 29.7 Å². The van der Waals surface area contributed by atoms with Gasteiger partial charge in [-0.25, -0.2) is 9.37 Å². The summed E-state index contributed by atoms with van der Waals surface area (Å²) in [5.41, 5.74) is 7.42. The molecular weight excluding hydrogens is 499 g/mol. The van der Waals surface area contributed by atoms with E-state index in [-0.39, 0.29) is 22.6 Å². The first-order valence-electron chi connectivity index (χ1n) is 13.2. The van der Waals surface area contributed by atoms with Crippen LogP contribution in [0.2, 0.25) is 0 Å². The lowest BCUT2D eigenvalue weighted by atomic mass is 9.86. The summed E-state index contributed by atoms with van der Waals surface area (Å²) in [5, 5.41) is 0. The quantitative estimate of drug-likeness (QED) is 0.477. The highest BCUT2D eigenvalue weighted by Crippen LogP contribution is 2.43. The van der Waals surface area contributed by atoms with E-state index in [4.69, 9.17) is 10.5 Å². The van der Waals surface area contributed by atoms with E-state index >= 15 is 0 Å². The fraction of sp³-hybridized carbons (Fsp3) is 0.414. The van der Waals surface area contributed by atoms with Gasteiger partial charge in [0.15, 0.2) is 5.82 Å². The maximum absolute atomic E-state index is 14.0. The number of carbonyl (C=O) groups is 2. The van der Waals surface area contributed by atoms with E-state index in [9.17, 15) is 14.0 Å². The van der Waals surface area contributed by atoms with E-state index in [0.717, 1.165) is 57.8 Å². The van der Waals surface area contributed by atoms with Crippen LogP contribution in [0.15, 0.2) is 48.8 Å². The Kier molecular flexibility index (Phi) is 7.31. The number of benzene rings is 2. The van der Waals surface area contributed by atoms with Crippen LogP contribution in [0.5, 0.6) is 11.6 Å². The number of hydrogen-bond donors (Lipinski definition) is 1. The molecule has 0 aliphatic carbocycles. The largest absolute Gasteiger partial charge is 0.435 e. The molecule has 3 heterocycles. The van der Waals surface area contributed by atoms with Gasteiger partial charge in [-0.05, 0) is 61.7 Å². The Labute approximate surface area is 228 Å². The van der Waals surface area contributed by atoms with E-state index in [0.29, 0.717) is 11.4 Å². The van der Waals surface area contributed by atoms with Gasteiger partial charge in [0.1, 0.15) is 17.9 Å². The highest BCUT2D eigenvalue weighted by atomic mass is 19.1. The Hall–Kier alpha value is -3.92. The number of rotatable bonds is 8. The molecule has 0 bridgehead atoms. The number of aryl methyl sites for hydroxylation is 1. The second-order valence-electron chi connectivity index (χ2n) is 10.9. The van der Waals surface area contributed by atoms with Crippen molar-refractivity contribution in [2.24, 2.45) is 18.2 Å². The topological polar surface area (TPSA) is 96.9 Å². The number of primary amides is 1. The number of amides is 2. The smallest absolute Gasteiger partial charge is 0.262 e. The molecule has 1 aromatic heterocycles. The Bertz CT molecular complexity index is 1370. The molecule has 2 saturated heterocycles. The van der Waals surface area contributed by atoms with Gasteiger partial charge in [0.25, 0.3) is 11.8 Å². The number of carbonyl (C=O) groups excluding carboxylic acids is 2. The zero-order valence-corrected chi connectivity index (χ0v) is 22.7. The minimum absolute atomic E-state index is 0.158. The molecule has 2 amide bonds. The lowest BCUT2D eigenvalue weighted by molar-refractivity contribution is 0.0824. The van der Waals surface area contributed by atoms with Gasteiger partial charge in [0.2, 0.25) is 5.91 Å². The molecule has 3 aromatic rings. The van der Waals surface area contributed by atoms with Crippen molar-refractivity contribution in [1.29, 1.82) is 0 Å². The Morgan fingerprint density at radius 3 is 2.56 bits per heavy atom. The molecule has 0 radical (unpaired) electrons. The van der Waals surface area contributed by atoms with Crippen molar-refractivity contribution in [3.05, 3.63) is 71.3 Å². The summed E-state index contributed by atoms with van der Waals surface area (Å²) in [6.07, 6.45) is 4.82. The summed E-state index contributed by atoms with van der Waals surface area (Å²) in [6.45, 7) is 4.81. The minimum atomic E-state index is -0.497. The number of aromatic nitrogens is 2. The number of anilines is 1. The molecule has 1 spiro atoms. The molecule has 206 valence electrons. The zero-order chi connectivity index (χ0) is 27.7. The molecule has 5 rings (SSSR count). The molecule has 2 aliphatic rings. The van der Waals surface area contributed by atoms with Crippen LogP contribution in [0.3, 0.4) is 0 Å². The summed E-state index contributed by atoms with van der Waals surface area (Å²) in [6, 6.07) is 11.5. The number of nitrogens with zero attached hydrogens (tertiary/aromatic N) is 5. The summed E-state index contributed by atoms with van der Waals surface area (Å²) < 4.78 is 22.1. The normalized spacial score (nSPS) is 19.1. The Morgan fingerprint density at radius 1 is 1.10 bits per heavy atom. The molecule has 0 saturated carbocycles. The highest BCUT2D eigenvalue weighted by Gasteiger charge is 2.44. The van der Waals surface area contributed by atoms with Crippen molar-refractivity contribution >= 4 is 17.6 Å². The summed E-state index contributed by atoms with van der Waals surface area (Å²) in [7, 11) is 5.18. The van der Waals surface area contributed by atoms with Crippen LogP contribution in [0, 0.1) is 11.2 Å². The molecule has 2 aromatic carbocycles. The number of likely N-dealkylation sites (tertiary alicyclic amines) is 1. The number of nitrogens with two attached hydrogens (primary N) is 1. The van der Waals surface area contributed by atoms with Crippen LogP contribution in [-0.2, 0) is 13.5 Å². The van der Waals surface area contributed by atoms with Crippen molar-refractivity contribution in [2.75, 3.05) is 51.7 Å². The van der Waals surface area contributed by atoms with E-state index < -0.39 is 11.7 Å². The predicted molar refractivity (Wildman–Crippen MR) is 147 cm³/mol. The molecule has 1 atom stereocenters. The van der Waals surface area contributed by atoms with Crippen LogP contribution < -0.4 is 15.4 Å². The van der Waals surface area contributed by atoms with Gasteiger partial charge >= 0.3 is 0 Å². The minimum Gasteiger partial charge on any atom is -0.435 e. The molecule has 1 unspecified atom stereocenters. The van der Waals surface area contributed by atoms with Crippen molar-refractivity contribution in [1.82, 2.24) is 19.4 Å². The van der Waals surface area contributed by atoms with E-state index in [2.05, 4.69) is 14.8 Å². The third-order valence-electron chi connectivity index (χ3n) is 7.87. The predicted octanol–water partition coefficient (Wildman–Crippen LogP) is 3.30. The average molecular weight is 535 g/mol. The first-order valence-corrected chi connectivity index (χ1v) is 13.2. The molecule has 2 fully saturated rings. The van der Waals surface area contributed by atoms with Gasteiger partial charge in [-0.3, -0.25) is 9.59 Å². The maximum atomic E-state index is 14.0. The fourth-order valence-electron chi connectivity index (χ4n) is 5.73. The van der Waals surface area contributed by atoms with Crippen LogP contribution in [-0.4, -0.2) is 78.0 Å². The van der Waals surface area contributed by atoms with E-state index in [1.165, 1.54) is 28.7 Å². The first kappa shape index (κ1) is 26.7. The fourth-order valence-corrected chi connectivity index (χ4v) is 5.73. The standard InChI is InChI=1S/C29H35FN6O3/c1-33(2)28(38)23-16-22(30)8-9-24(23)39-26-27(34(3)19-32-26)36-15-12-29(18-36)11-14-35(17-29)13-10-20-4-6-21(7-5-20)25(31)37/h4-9,16,19H,10-15,17-18H2,1-3H3,(H2,31,37). The number of halogens is 1. The van der Waals surface area contributed by atoms with Crippen molar-refractivity contribution in [2.45, 2.75) is 19.3 Å². The van der Waals surface area contributed by atoms with Crippen LogP contribution >= 0.6 is 0 Å². The van der Waals surface area contributed by atoms with Crippen molar-refractivity contribution < 1.29 is 18.7 Å². The maximum Gasteiger partial charge on any atom is 0.262 e. The summed E-state index contributed by atoms with van der Waals surface area (Å²) in [4.78, 5) is 34.7. The summed E-state index contributed by atoms with van der Waals surface area (Å²) >= 11 is 0.